The summed E-state index contributed by atoms with van der Waals surface area (Å²) in [6.45, 7) is -1.74. The van der Waals surface area contributed by atoms with Gasteiger partial charge in [-0.3, -0.25) is 9.59 Å². The van der Waals surface area contributed by atoms with E-state index in [1.54, 1.807) is 36.4 Å². The molecule has 0 unspecified atom stereocenters. The number of alkyl halides is 2. The first-order chi connectivity index (χ1) is 19.5. The van der Waals surface area contributed by atoms with Gasteiger partial charge in [0.1, 0.15) is 11.6 Å². The van der Waals surface area contributed by atoms with Gasteiger partial charge in [0, 0.05) is 35.3 Å². The Labute approximate surface area is 237 Å². The van der Waals surface area contributed by atoms with E-state index in [-0.39, 0.29) is 27.7 Å². The number of aliphatic hydroxyl groups excluding tert-OH is 1. The largest absolute Gasteiger partial charge is 0.393 e. The molecule has 0 saturated heterocycles. The molecule has 7 nitrogen and oxygen atoms in total. The molecule has 1 aliphatic rings. The Balaban J connectivity index is 1.39. The molecular weight excluding hydrogens is 559 g/mol. The van der Waals surface area contributed by atoms with Crippen LogP contribution in [0, 0.1) is 5.82 Å². The molecule has 210 valence electrons. The lowest BCUT2D eigenvalue weighted by molar-refractivity contribution is -0.205. The number of aromatic nitrogens is 1. The van der Waals surface area contributed by atoms with Crippen molar-refractivity contribution in [2.24, 2.45) is 0 Å². The average molecular weight is 582 g/mol. The van der Waals surface area contributed by atoms with Crippen LogP contribution in [0.5, 0.6) is 0 Å². The highest BCUT2D eigenvalue weighted by molar-refractivity contribution is 6.30. The maximum atomic E-state index is 15.0. The smallest absolute Gasteiger partial charge is 0.284 e. The van der Waals surface area contributed by atoms with E-state index in [9.17, 15) is 33.0 Å². The maximum Gasteiger partial charge on any atom is 0.284 e. The molecule has 0 bridgehead atoms. The van der Waals surface area contributed by atoms with E-state index in [1.807, 2.05) is 0 Å². The summed E-state index contributed by atoms with van der Waals surface area (Å²) >= 11 is 6.00. The van der Waals surface area contributed by atoms with Crippen LogP contribution in [-0.2, 0) is 5.60 Å². The maximum absolute atomic E-state index is 15.0. The summed E-state index contributed by atoms with van der Waals surface area (Å²) in [4.78, 5) is 31.7. The molecule has 0 radical (unpaired) electrons. The zero-order valence-corrected chi connectivity index (χ0v) is 22.1. The Kier molecular flexibility index (Phi) is 7.56. The number of pyridine rings is 1. The Morgan fingerprint density at radius 3 is 2.44 bits per heavy atom. The van der Waals surface area contributed by atoms with Gasteiger partial charge in [-0.25, -0.2) is 18.2 Å². The van der Waals surface area contributed by atoms with Crippen molar-refractivity contribution in [3.8, 4) is 11.1 Å². The number of carbonyl (C=O) groups is 2. The molecule has 1 aromatic heterocycles. The minimum absolute atomic E-state index is 0.0251. The van der Waals surface area contributed by atoms with Crippen molar-refractivity contribution in [1.82, 2.24) is 4.98 Å². The summed E-state index contributed by atoms with van der Waals surface area (Å²) in [7, 11) is 0. The number of halogens is 4. The van der Waals surface area contributed by atoms with Gasteiger partial charge in [-0.05, 0) is 59.7 Å². The lowest BCUT2D eigenvalue weighted by Gasteiger charge is -2.33. The van der Waals surface area contributed by atoms with Crippen LogP contribution in [0.3, 0.4) is 0 Å². The number of aliphatic hydroxyl groups is 2. The molecule has 3 aromatic carbocycles. The zero-order valence-electron chi connectivity index (χ0n) is 21.3. The second-order valence-corrected chi connectivity index (χ2v) is 9.97. The monoisotopic (exact) mass is 581 g/mol. The van der Waals surface area contributed by atoms with Crippen LogP contribution in [-0.4, -0.2) is 46.1 Å². The summed E-state index contributed by atoms with van der Waals surface area (Å²) in [5.41, 5.74) is -1.77. The second kappa shape index (κ2) is 11.0. The molecule has 1 atom stereocenters. The summed E-state index contributed by atoms with van der Waals surface area (Å²) < 4.78 is 43.3. The van der Waals surface area contributed by atoms with Crippen LogP contribution < -0.4 is 10.2 Å². The van der Waals surface area contributed by atoms with Crippen LogP contribution in [0.25, 0.3) is 11.1 Å². The highest BCUT2D eigenvalue weighted by Crippen LogP contribution is 2.47. The van der Waals surface area contributed by atoms with Crippen LogP contribution in [0.1, 0.15) is 32.7 Å². The number of carbonyl (C=O) groups excluding carboxylic acids is 2. The standard InChI is InChI=1S/C30H23ClF3N3O4/c31-20-8-11-25-24(15-20)29(41,17-38)30(33,34)13-14-37(25)28(40)19-7-12-26(35-16-19)36-27(39)23-4-2-1-3-22(23)18-5-9-21(32)10-6-18/h1-12,15-16,38,41H,13-14,17H2,(H,35,36,39)/t29-/m0/s1. The molecule has 11 heteroatoms. The highest BCUT2D eigenvalue weighted by atomic mass is 35.5. The summed E-state index contributed by atoms with van der Waals surface area (Å²) in [6.07, 6.45) is 0.276. The van der Waals surface area contributed by atoms with Gasteiger partial charge in [0.05, 0.1) is 17.9 Å². The van der Waals surface area contributed by atoms with E-state index >= 15 is 0 Å². The zero-order chi connectivity index (χ0) is 29.4. The van der Waals surface area contributed by atoms with Crippen molar-refractivity contribution in [1.29, 1.82) is 0 Å². The van der Waals surface area contributed by atoms with Crippen molar-refractivity contribution < 1.29 is 33.0 Å². The molecule has 0 saturated carbocycles. The molecule has 3 N–H and O–H groups in total. The molecule has 4 aromatic rings. The second-order valence-electron chi connectivity index (χ2n) is 9.53. The van der Waals surface area contributed by atoms with Crippen LogP contribution in [0.15, 0.2) is 85.1 Å². The Morgan fingerprint density at radius 2 is 1.76 bits per heavy atom. The van der Waals surface area contributed by atoms with E-state index in [0.29, 0.717) is 16.7 Å². The molecular formula is C30H23ClF3N3O4. The predicted molar refractivity (Wildman–Crippen MR) is 148 cm³/mol. The molecule has 0 aliphatic carbocycles. The normalized spacial score (nSPS) is 17.9. The van der Waals surface area contributed by atoms with Gasteiger partial charge in [-0.15, -0.1) is 0 Å². The Hall–Kier alpha value is -4.25. The highest BCUT2D eigenvalue weighted by Gasteiger charge is 2.56. The first-order valence-corrected chi connectivity index (χ1v) is 12.9. The third-order valence-corrected chi connectivity index (χ3v) is 7.24. The Bertz CT molecular complexity index is 1620. The van der Waals surface area contributed by atoms with Crippen molar-refractivity contribution in [3.63, 3.8) is 0 Å². The molecule has 2 heterocycles. The van der Waals surface area contributed by atoms with E-state index in [4.69, 9.17) is 11.6 Å². The van der Waals surface area contributed by atoms with E-state index < -0.39 is 48.7 Å². The SMILES string of the molecule is O=C(Nc1ccc(C(=O)N2CCC(F)(F)[C@](O)(CO)c3cc(Cl)ccc32)cn1)c1ccccc1-c1ccc(F)cc1. The lowest BCUT2D eigenvalue weighted by atomic mass is 9.86. The fourth-order valence-electron chi connectivity index (χ4n) is 4.76. The van der Waals surface area contributed by atoms with Crippen LogP contribution in [0.2, 0.25) is 5.02 Å². The van der Waals surface area contributed by atoms with E-state index in [2.05, 4.69) is 10.3 Å². The number of hydrogen-bond acceptors (Lipinski definition) is 5. The number of rotatable bonds is 5. The molecule has 5 rings (SSSR count). The van der Waals surface area contributed by atoms with Crippen molar-refractivity contribution in [2.45, 2.75) is 17.9 Å². The lowest BCUT2D eigenvalue weighted by Crippen LogP contribution is -2.48. The quantitative estimate of drug-likeness (QED) is 0.282. The Morgan fingerprint density at radius 1 is 1.02 bits per heavy atom. The topological polar surface area (TPSA) is 103 Å². The third kappa shape index (κ3) is 5.29. The van der Waals surface area contributed by atoms with Crippen molar-refractivity contribution in [3.05, 3.63) is 113 Å². The fraction of sp³-hybridized carbons (Fsp3) is 0.167. The van der Waals surface area contributed by atoms with Gasteiger partial charge in [-0.2, -0.15) is 0 Å². The molecule has 41 heavy (non-hydrogen) atoms. The average Bonchev–Trinajstić information content (AvgIpc) is 3.05. The molecule has 2 amide bonds. The van der Waals surface area contributed by atoms with Gasteiger partial charge >= 0.3 is 0 Å². The van der Waals surface area contributed by atoms with Gasteiger partial charge in [0.15, 0.2) is 5.60 Å². The predicted octanol–water partition coefficient (Wildman–Crippen LogP) is 5.66. The van der Waals surface area contributed by atoms with E-state index in [1.165, 1.54) is 42.6 Å². The fourth-order valence-corrected chi connectivity index (χ4v) is 4.93. The molecule has 0 spiro atoms. The number of hydrogen-bond donors (Lipinski definition) is 3. The van der Waals surface area contributed by atoms with Gasteiger partial charge in [0.25, 0.3) is 17.7 Å². The number of nitrogens with zero attached hydrogens (tertiary/aromatic N) is 2. The van der Waals surface area contributed by atoms with Gasteiger partial charge < -0.3 is 20.4 Å². The number of nitrogens with one attached hydrogen (secondary N) is 1. The van der Waals surface area contributed by atoms with Crippen molar-refractivity contribution in [2.75, 3.05) is 23.4 Å². The van der Waals surface area contributed by atoms with Gasteiger partial charge in [0.2, 0.25) is 0 Å². The van der Waals surface area contributed by atoms with Gasteiger partial charge in [-0.1, -0.05) is 41.9 Å². The number of fused-ring (bicyclic) bond motifs is 1. The summed E-state index contributed by atoms with van der Waals surface area (Å²) in [5, 5.41) is 23.2. The molecule has 1 aliphatic heterocycles. The minimum Gasteiger partial charge on any atom is -0.393 e. The van der Waals surface area contributed by atoms with Crippen LogP contribution in [0.4, 0.5) is 24.7 Å². The van der Waals surface area contributed by atoms with Crippen LogP contribution >= 0.6 is 11.6 Å². The number of anilines is 2. The number of benzene rings is 3. The number of amides is 2. The van der Waals surface area contributed by atoms with Crippen molar-refractivity contribution >= 4 is 34.9 Å². The summed E-state index contributed by atoms with van der Waals surface area (Å²) in [6, 6.07) is 19.1. The molecule has 0 fully saturated rings. The minimum atomic E-state index is -3.76. The van der Waals surface area contributed by atoms with E-state index in [0.717, 1.165) is 11.0 Å². The first kappa shape index (κ1) is 28.3. The third-order valence-electron chi connectivity index (χ3n) is 7.00. The summed E-state index contributed by atoms with van der Waals surface area (Å²) in [5.74, 6) is -5.20. The first-order valence-electron chi connectivity index (χ1n) is 12.5.